The molecular weight excluding hydrogens is 268 g/mol. The molecule has 0 aromatic heterocycles. The zero-order valence-electron chi connectivity index (χ0n) is 11.6. The number of amides is 2. The highest BCUT2D eigenvalue weighted by Gasteiger charge is 2.00. The molecule has 21 heavy (non-hydrogen) atoms. The number of terminal acetylenes is 1. The number of hydrogen-bond donors (Lipinski definition) is 3. The molecule has 0 spiro atoms. The van der Waals surface area contributed by atoms with E-state index in [1.165, 1.54) is 6.08 Å². The first-order valence-corrected chi connectivity index (χ1v) is 6.61. The van der Waals surface area contributed by atoms with Gasteiger partial charge in [0.15, 0.2) is 0 Å². The molecule has 1 rings (SSSR count). The standard InChI is InChI=1S/C16H18N2O3/c1-2-3-4-5-12-17-16(21)18-14-9-6-13(7-10-14)8-11-15(19)20/h1,6-11H,3-5,12H2,(H,19,20)(H2,17,18,21)/b11-8+. The van der Waals surface area contributed by atoms with Crippen molar-refractivity contribution in [2.45, 2.75) is 19.3 Å². The van der Waals surface area contributed by atoms with Crippen LogP contribution < -0.4 is 10.6 Å². The maximum atomic E-state index is 11.6. The minimum atomic E-state index is -0.999. The molecule has 0 unspecified atom stereocenters. The summed E-state index contributed by atoms with van der Waals surface area (Å²) in [6.07, 6.45) is 10.1. The molecule has 0 heterocycles. The number of aliphatic carboxylic acids is 1. The average molecular weight is 286 g/mol. The van der Waals surface area contributed by atoms with Crippen LogP contribution in [-0.4, -0.2) is 23.7 Å². The molecule has 110 valence electrons. The Morgan fingerprint density at radius 3 is 2.57 bits per heavy atom. The van der Waals surface area contributed by atoms with Crippen molar-refractivity contribution < 1.29 is 14.7 Å². The number of carbonyl (C=O) groups excluding carboxylic acids is 1. The fourth-order valence-corrected chi connectivity index (χ4v) is 1.57. The van der Waals surface area contributed by atoms with Crippen LogP contribution >= 0.6 is 0 Å². The first-order chi connectivity index (χ1) is 10.1. The molecule has 1 aromatic rings. The molecule has 5 nitrogen and oxygen atoms in total. The minimum absolute atomic E-state index is 0.274. The molecule has 0 atom stereocenters. The summed E-state index contributed by atoms with van der Waals surface area (Å²) >= 11 is 0. The van der Waals surface area contributed by atoms with Crippen molar-refractivity contribution in [3.8, 4) is 12.3 Å². The lowest BCUT2D eigenvalue weighted by Crippen LogP contribution is -2.29. The highest BCUT2D eigenvalue weighted by atomic mass is 16.4. The fraction of sp³-hybridized carbons (Fsp3) is 0.250. The lowest BCUT2D eigenvalue weighted by Gasteiger charge is -2.07. The van der Waals surface area contributed by atoms with Crippen LogP contribution in [0, 0.1) is 12.3 Å². The van der Waals surface area contributed by atoms with E-state index in [0.717, 1.165) is 24.5 Å². The van der Waals surface area contributed by atoms with E-state index in [2.05, 4.69) is 16.6 Å². The summed E-state index contributed by atoms with van der Waals surface area (Å²) in [5, 5.41) is 14.0. The average Bonchev–Trinajstić information content (AvgIpc) is 2.46. The second-order valence-corrected chi connectivity index (χ2v) is 4.34. The van der Waals surface area contributed by atoms with Crippen LogP contribution in [-0.2, 0) is 4.79 Å². The van der Waals surface area contributed by atoms with Gasteiger partial charge in [-0.3, -0.25) is 0 Å². The van der Waals surface area contributed by atoms with Crippen LogP contribution in [0.2, 0.25) is 0 Å². The van der Waals surface area contributed by atoms with Crippen LogP contribution in [0.5, 0.6) is 0 Å². The Balaban J connectivity index is 2.36. The van der Waals surface area contributed by atoms with E-state index in [1.54, 1.807) is 24.3 Å². The fourth-order valence-electron chi connectivity index (χ4n) is 1.57. The van der Waals surface area contributed by atoms with Crippen molar-refractivity contribution in [3.05, 3.63) is 35.9 Å². The highest BCUT2D eigenvalue weighted by Crippen LogP contribution is 2.10. The Morgan fingerprint density at radius 2 is 1.95 bits per heavy atom. The Bertz CT molecular complexity index is 542. The monoisotopic (exact) mass is 286 g/mol. The molecule has 0 radical (unpaired) electrons. The summed E-state index contributed by atoms with van der Waals surface area (Å²) < 4.78 is 0. The van der Waals surface area contributed by atoms with E-state index in [0.29, 0.717) is 18.7 Å². The van der Waals surface area contributed by atoms with Crippen molar-refractivity contribution in [3.63, 3.8) is 0 Å². The first-order valence-electron chi connectivity index (χ1n) is 6.61. The van der Waals surface area contributed by atoms with Gasteiger partial charge in [-0.15, -0.1) is 12.3 Å². The summed E-state index contributed by atoms with van der Waals surface area (Å²) in [6, 6.07) is 6.59. The molecule has 0 aliphatic rings. The zero-order chi connectivity index (χ0) is 15.5. The molecule has 0 saturated heterocycles. The number of carboxylic acids is 1. The van der Waals surface area contributed by atoms with Gasteiger partial charge in [-0.1, -0.05) is 12.1 Å². The quantitative estimate of drug-likeness (QED) is 0.409. The second-order valence-electron chi connectivity index (χ2n) is 4.34. The summed E-state index contributed by atoms with van der Waals surface area (Å²) in [6.45, 7) is 0.576. The molecule has 0 aliphatic heterocycles. The van der Waals surface area contributed by atoms with Crippen molar-refractivity contribution in [1.29, 1.82) is 0 Å². The zero-order valence-corrected chi connectivity index (χ0v) is 11.6. The minimum Gasteiger partial charge on any atom is -0.478 e. The summed E-state index contributed by atoms with van der Waals surface area (Å²) in [7, 11) is 0. The van der Waals surface area contributed by atoms with Crippen LogP contribution in [0.15, 0.2) is 30.3 Å². The summed E-state index contributed by atoms with van der Waals surface area (Å²) in [5.74, 6) is 1.55. The molecule has 5 heteroatoms. The number of benzene rings is 1. The number of anilines is 1. The molecule has 3 N–H and O–H groups in total. The molecule has 0 fully saturated rings. The van der Waals surface area contributed by atoms with Gasteiger partial charge >= 0.3 is 12.0 Å². The van der Waals surface area contributed by atoms with Gasteiger partial charge in [-0.25, -0.2) is 9.59 Å². The Labute approximate surface area is 124 Å². The van der Waals surface area contributed by atoms with Crippen LogP contribution in [0.1, 0.15) is 24.8 Å². The van der Waals surface area contributed by atoms with E-state index in [4.69, 9.17) is 11.5 Å². The smallest absolute Gasteiger partial charge is 0.328 e. The van der Waals surface area contributed by atoms with Gasteiger partial charge in [0.2, 0.25) is 0 Å². The van der Waals surface area contributed by atoms with Gasteiger partial charge in [-0.2, -0.15) is 0 Å². The van der Waals surface area contributed by atoms with E-state index in [9.17, 15) is 9.59 Å². The van der Waals surface area contributed by atoms with E-state index < -0.39 is 5.97 Å². The van der Waals surface area contributed by atoms with Crippen molar-refractivity contribution >= 4 is 23.8 Å². The number of rotatable bonds is 7. The largest absolute Gasteiger partial charge is 0.478 e. The summed E-state index contributed by atoms with van der Waals surface area (Å²) in [5.41, 5.74) is 1.39. The Morgan fingerprint density at radius 1 is 1.24 bits per heavy atom. The van der Waals surface area contributed by atoms with E-state index >= 15 is 0 Å². The van der Waals surface area contributed by atoms with Gasteiger partial charge in [0.25, 0.3) is 0 Å². The Kier molecular flexibility index (Phi) is 7.15. The number of carboxylic acid groups (broad SMARTS) is 1. The molecule has 1 aromatic carbocycles. The van der Waals surface area contributed by atoms with Gasteiger partial charge < -0.3 is 15.7 Å². The SMILES string of the molecule is C#CCCCCNC(=O)Nc1ccc(/C=C/C(=O)O)cc1. The third-order valence-corrected chi connectivity index (χ3v) is 2.62. The van der Waals surface area contributed by atoms with Gasteiger partial charge in [0.1, 0.15) is 0 Å². The first kappa shape index (κ1) is 16.3. The van der Waals surface area contributed by atoms with Crippen LogP contribution in [0.4, 0.5) is 10.5 Å². The maximum absolute atomic E-state index is 11.6. The molecule has 2 amide bonds. The van der Waals surface area contributed by atoms with E-state index in [1.807, 2.05) is 0 Å². The van der Waals surface area contributed by atoms with Crippen molar-refractivity contribution in [2.24, 2.45) is 0 Å². The highest BCUT2D eigenvalue weighted by molar-refractivity contribution is 5.89. The number of hydrogen-bond acceptors (Lipinski definition) is 2. The van der Waals surface area contributed by atoms with Crippen molar-refractivity contribution in [2.75, 3.05) is 11.9 Å². The lowest BCUT2D eigenvalue weighted by molar-refractivity contribution is -0.131. The van der Waals surface area contributed by atoms with Crippen molar-refractivity contribution in [1.82, 2.24) is 5.32 Å². The second kappa shape index (κ2) is 9.21. The predicted molar refractivity (Wildman–Crippen MR) is 82.8 cm³/mol. The normalized spacial score (nSPS) is 10.0. The van der Waals surface area contributed by atoms with Crippen LogP contribution in [0.25, 0.3) is 6.08 Å². The van der Waals surface area contributed by atoms with Gasteiger partial charge in [-0.05, 0) is 36.6 Å². The third-order valence-electron chi connectivity index (χ3n) is 2.62. The number of unbranched alkanes of at least 4 members (excludes halogenated alkanes) is 2. The third kappa shape index (κ3) is 7.43. The van der Waals surface area contributed by atoms with Crippen LogP contribution in [0.3, 0.4) is 0 Å². The van der Waals surface area contributed by atoms with Gasteiger partial charge in [0.05, 0.1) is 0 Å². The number of carbonyl (C=O) groups is 2. The predicted octanol–water partition coefficient (Wildman–Crippen LogP) is 2.71. The Hall–Kier alpha value is -2.74. The molecular formula is C16H18N2O3. The number of urea groups is 1. The topological polar surface area (TPSA) is 78.4 Å². The van der Waals surface area contributed by atoms with Gasteiger partial charge in [0, 0.05) is 24.7 Å². The number of nitrogens with one attached hydrogen (secondary N) is 2. The molecule has 0 aliphatic carbocycles. The summed E-state index contributed by atoms with van der Waals surface area (Å²) in [4.78, 5) is 22.0. The lowest BCUT2D eigenvalue weighted by atomic mass is 10.2. The van der Waals surface area contributed by atoms with E-state index in [-0.39, 0.29) is 6.03 Å². The molecule has 0 bridgehead atoms. The maximum Gasteiger partial charge on any atom is 0.328 e. The molecule has 0 saturated carbocycles.